The number of halogens is 1. The molecule has 0 bridgehead atoms. The molecular formula is C22H30IN3O3S. The van der Waals surface area contributed by atoms with Crippen molar-refractivity contribution in [2.75, 3.05) is 26.0 Å². The van der Waals surface area contributed by atoms with Gasteiger partial charge in [-0.25, -0.2) is 8.42 Å². The Kier molecular flexibility index (Phi) is 9.90. The van der Waals surface area contributed by atoms with Gasteiger partial charge < -0.3 is 15.4 Å². The molecule has 0 spiro atoms. The van der Waals surface area contributed by atoms with E-state index in [0.29, 0.717) is 36.3 Å². The number of nitrogens with zero attached hydrogens (tertiary/aromatic N) is 1. The molecule has 0 aliphatic heterocycles. The van der Waals surface area contributed by atoms with E-state index in [1.165, 1.54) is 12.8 Å². The van der Waals surface area contributed by atoms with Crippen LogP contribution in [0.25, 0.3) is 0 Å². The number of para-hydroxylation sites is 1. The van der Waals surface area contributed by atoms with Crippen LogP contribution in [0.3, 0.4) is 0 Å². The Bertz CT molecular complexity index is 916. The average Bonchev–Trinajstić information content (AvgIpc) is 3.57. The number of benzene rings is 2. The lowest BCUT2D eigenvalue weighted by Crippen LogP contribution is -2.37. The highest BCUT2D eigenvalue weighted by atomic mass is 127. The first-order chi connectivity index (χ1) is 14.1. The molecule has 0 atom stereocenters. The Labute approximate surface area is 196 Å². The van der Waals surface area contributed by atoms with E-state index in [9.17, 15) is 8.42 Å². The predicted molar refractivity (Wildman–Crippen MR) is 131 cm³/mol. The highest BCUT2D eigenvalue weighted by molar-refractivity contribution is 14.0. The Morgan fingerprint density at radius 1 is 1.07 bits per heavy atom. The van der Waals surface area contributed by atoms with Crippen LogP contribution in [0, 0.1) is 5.92 Å². The maximum Gasteiger partial charge on any atom is 0.191 e. The fourth-order valence-corrected chi connectivity index (χ4v) is 4.23. The molecule has 2 aromatic carbocycles. The minimum Gasteiger partial charge on any atom is -0.493 e. The molecule has 0 radical (unpaired) electrons. The van der Waals surface area contributed by atoms with Crippen molar-refractivity contribution >= 4 is 39.8 Å². The first-order valence-corrected chi connectivity index (χ1v) is 11.7. The van der Waals surface area contributed by atoms with Gasteiger partial charge in [-0.05, 0) is 43.4 Å². The third-order valence-corrected chi connectivity index (χ3v) is 6.62. The number of sulfone groups is 1. The Morgan fingerprint density at radius 3 is 2.47 bits per heavy atom. The van der Waals surface area contributed by atoms with Gasteiger partial charge >= 0.3 is 0 Å². The second kappa shape index (κ2) is 12.1. The fourth-order valence-electron chi connectivity index (χ4n) is 2.90. The zero-order valence-electron chi connectivity index (χ0n) is 17.2. The van der Waals surface area contributed by atoms with Gasteiger partial charge in [0.05, 0.1) is 17.3 Å². The molecule has 8 heteroatoms. The van der Waals surface area contributed by atoms with Gasteiger partial charge in [-0.2, -0.15) is 0 Å². The van der Waals surface area contributed by atoms with Crippen LogP contribution >= 0.6 is 24.0 Å². The minimum absolute atomic E-state index is 0. The summed E-state index contributed by atoms with van der Waals surface area (Å²) in [5, 5.41) is 6.45. The molecule has 1 saturated carbocycles. The molecule has 6 nitrogen and oxygen atoms in total. The number of aliphatic imine (C=N–C) groups is 1. The average molecular weight is 543 g/mol. The number of rotatable bonds is 10. The number of hydrogen-bond donors (Lipinski definition) is 2. The SMILES string of the molecule is CN=C(NCCCS(=O)(=O)c1ccccc1)NCc1ccccc1OCC1CC1.I. The van der Waals surface area contributed by atoms with Crippen molar-refractivity contribution < 1.29 is 13.2 Å². The molecule has 0 unspecified atom stereocenters. The van der Waals surface area contributed by atoms with Gasteiger partial charge in [-0.1, -0.05) is 36.4 Å². The summed E-state index contributed by atoms with van der Waals surface area (Å²) in [4.78, 5) is 4.58. The van der Waals surface area contributed by atoms with Gasteiger partial charge in [0.15, 0.2) is 15.8 Å². The van der Waals surface area contributed by atoms with E-state index in [2.05, 4.69) is 15.6 Å². The summed E-state index contributed by atoms with van der Waals surface area (Å²) in [6, 6.07) is 16.5. The molecule has 0 amide bonds. The molecule has 1 aliphatic rings. The normalized spacial score (nSPS) is 14.0. The van der Waals surface area contributed by atoms with Gasteiger partial charge in [0.2, 0.25) is 0 Å². The van der Waals surface area contributed by atoms with Crippen molar-refractivity contribution in [1.82, 2.24) is 10.6 Å². The maximum atomic E-state index is 12.3. The lowest BCUT2D eigenvalue weighted by Gasteiger charge is -2.15. The molecule has 3 rings (SSSR count). The molecule has 0 aromatic heterocycles. The van der Waals surface area contributed by atoms with Gasteiger partial charge in [0.1, 0.15) is 5.75 Å². The van der Waals surface area contributed by atoms with Gasteiger partial charge in [-0.3, -0.25) is 4.99 Å². The molecule has 30 heavy (non-hydrogen) atoms. The van der Waals surface area contributed by atoms with Gasteiger partial charge in [0.25, 0.3) is 0 Å². The number of ether oxygens (including phenoxy) is 1. The first-order valence-electron chi connectivity index (χ1n) is 10.0. The predicted octanol–water partition coefficient (Wildman–Crippen LogP) is 3.62. The quantitative estimate of drug-likeness (QED) is 0.207. The van der Waals surface area contributed by atoms with Crippen LogP contribution in [0.15, 0.2) is 64.5 Å². The molecule has 0 heterocycles. The molecule has 2 N–H and O–H groups in total. The smallest absolute Gasteiger partial charge is 0.191 e. The lowest BCUT2D eigenvalue weighted by atomic mass is 10.2. The molecule has 1 fully saturated rings. The van der Waals surface area contributed by atoms with Crippen LogP contribution in [0.4, 0.5) is 0 Å². The Balaban J connectivity index is 0.00000320. The van der Waals surface area contributed by atoms with Crippen molar-refractivity contribution in [3.63, 3.8) is 0 Å². The summed E-state index contributed by atoms with van der Waals surface area (Å²) < 4.78 is 30.6. The highest BCUT2D eigenvalue weighted by Crippen LogP contribution is 2.30. The van der Waals surface area contributed by atoms with Crippen molar-refractivity contribution in [3.05, 3.63) is 60.2 Å². The zero-order chi connectivity index (χ0) is 20.5. The molecule has 1 aliphatic carbocycles. The molecular weight excluding hydrogens is 513 g/mol. The maximum absolute atomic E-state index is 12.3. The second-order valence-electron chi connectivity index (χ2n) is 7.20. The van der Waals surface area contributed by atoms with Crippen molar-refractivity contribution in [2.24, 2.45) is 10.9 Å². The largest absolute Gasteiger partial charge is 0.493 e. The van der Waals surface area contributed by atoms with E-state index in [4.69, 9.17) is 4.74 Å². The van der Waals surface area contributed by atoms with Crippen LogP contribution in [0.1, 0.15) is 24.8 Å². The summed E-state index contributed by atoms with van der Waals surface area (Å²) in [5.41, 5.74) is 1.07. The highest BCUT2D eigenvalue weighted by Gasteiger charge is 2.22. The van der Waals surface area contributed by atoms with Crippen LogP contribution < -0.4 is 15.4 Å². The van der Waals surface area contributed by atoms with E-state index in [1.807, 2.05) is 30.3 Å². The number of hydrogen-bond acceptors (Lipinski definition) is 4. The van der Waals surface area contributed by atoms with Gasteiger partial charge in [0, 0.05) is 25.7 Å². The van der Waals surface area contributed by atoms with E-state index < -0.39 is 9.84 Å². The standard InChI is InChI=1S/C22H29N3O3S.HI/c1-23-22(24-14-7-15-29(26,27)20-9-3-2-4-10-20)25-16-19-8-5-6-11-21(19)28-17-18-12-13-18;/h2-6,8-11,18H,7,12-17H2,1H3,(H2,23,24,25);1H. The van der Waals surface area contributed by atoms with Crippen LogP contribution in [0.2, 0.25) is 0 Å². The molecule has 2 aromatic rings. The molecule has 0 saturated heterocycles. The monoisotopic (exact) mass is 543 g/mol. The van der Waals surface area contributed by atoms with Crippen molar-refractivity contribution in [3.8, 4) is 5.75 Å². The van der Waals surface area contributed by atoms with E-state index in [-0.39, 0.29) is 29.7 Å². The van der Waals surface area contributed by atoms with Crippen molar-refractivity contribution in [2.45, 2.75) is 30.7 Å². The molecule has 164 valence electrons. The lowest BCUT2D eigenvalue weighted by molar-refractivity contribution is 0.296. The van der Waals surface area contributed by atoms with E-state index >= 15 is 0 Å². The Hall–Kier alpha value is -1.81. The fraction of sp³-hybridized carbons (Fsp3) is 0.409. The van der Waals surface area contributed by atoms with E-state index in [0.717, 1.165) is 17.9 Å². The van der Waals surface area contributed by atoms with Crippen molar-refractivity contribution in [1.29, 1.82) is 0 Å². The van der Waals surface area contributed by atoms with Crippen LogP contribution in [0.5, 0.6) is 5.75 Å². The summed E-state index contributed by atoms with van der Waals surface area (Å²) >= 11 is 0. The summed E-state index contributed by atoms with van der Waals surface area (Å²) in [5.74, 6) is 2.34. The third kappa shape index (κ3) is 7.79. The summed E-state index contributed by atoms with van der Waals surface area (Å²) in [6.07, 6.45) is 3.02. The van der Waals surface area contributed by atoms with Crippen LogP contribution in [-0.2, 0) is 16.4 Å². The topological polar surface area (TPSA) is 79.8 Å². The van der Waals surface area contributed by atoms with Gasteiger partial charge in [-0.15, -0.1) is 24.0 Å². The number of guanidine groups is 1. The Morgan fingerprint density at radius 2 is 1.77 bits per heavy atom. The zero-order valence-corrected chi connectivity index (χ0v) is 20.4. The third-order valence-electron chi connectivity index (χ3n) is 4.80. The second-order valence-corrected chi connectivity index (χ2v) is 9.31. The minimum atomic E-state index is -3.25. The number of nitrogens with one attached hydrogen (secondary N) is 2. The first kappa shape index (κ1) is 24.5. The summed E-state index contributed by atoms with van der Waals surface area (Å²) in [7, 11) is -1.55. The van der Waals surface area contributed by atoms with E-state index in [1.54, 1.807) is 31.3 Å². The van der Waals surface area contributed by atoms with Crippen LogP contribution in [-0.4, -0.2) is 40.3 Å². The summed E-state index contributed by atoms with van der Waals surface area (Å²) in [6.45, 7) is 1.88.